The van der Waals surface area contributed by atoms with E-state index in [2.05, 4.69) is 5.32 Å². The minimum absolute atomic E-state index is 0.0662. The highest BCUT2D eigenvalue weighted by Crippen LogP contribution is 2.13. The largest absolute Gasteiger partial charge is 0.480 e. The molecule has 0 spiro atoms. The number of carbonyl (C=O) groups is 2. The number of benzene rings is 1. The monoisotopic (exact) mass is 310 g/mol. The summed E-state index contributed by atoms with van der Waals surface area (Å²) in [4.78, 5) is 32.8. The van der Waals surface area contributed by atoms with Gasteiger partial charge >= 0.3 is 11.9 Å². The summed E-state index contributed by atoms with van der Waals surface area (Å²) in [7, 11) is 0. The van der Waals surface area contributed by atoms with E-state index in [1.807, 2.05) is 0 Å². The highest BCUT2D eigenvalue weighted by molar-refractivity contribution is 5.78. The number of aliphatic carboxylic acids is 1. The highest BCUT2D eigenvalue weighted by atomic mass is 16.6. The molecule has 1 rings (SSSR count). The lowest BCUT2D eigenvalue weighted by atomic mass is 10.0. The molecule has 22 heavy (non-hydrogen) atoms. The molecule has 1 aromatic carbocycles. The SMILES string of the molecule is CCOC(=O)[C@H](C)N[C@H](Cc1ccc([N+](=O)[O-])cc1)C(=O)O. The van der Waals surface area contributed by atoms with Crippen molar-refractivity contribution in [3.8, 4) is 0 Å². The predicted octanol–water partition coefficient (Wildman–Crippen LogP) is 1.13. The summed E-state index contributed by atoms with van der Waals surface area (Å²) < 4.78 is 4.81. The van der Waals surface area contributed by atoms with Crippen LogP contribution in [0.1, 0.15) is 19.4 Å². The number of non-ortho nitro benzene ring substituents is 1. The summed E-state index contributed by atoms with van der Waals surface area (Å²) in [6.07, 6.45) is 0.0943. The Balaban J connectivity index is 2.73. The summed E-state index contributed by atoms with van der Waals surface area (Å²) in [5.41, 5.74) is 0.546. The number of hydrogen-bond acceptors (Lipinski definition) is 6. The van der Waals surface area contributed by atoms with Crippen LogP contribution in [0.15, 0.2) is 24.3 Å². The van der Waals surface area contributed by atoms with Crippen LogP contribution in [0.4, 0.5) is 5.69 Å². The van der Waals surface area contributed by atoms with Gasteiger partial charge in [-0.1, -0.05) is 12.1 Å². The molecule has 0 unspecified atom stereocenters. The van der Waals surface area contributed by atoms with E-state index in [0.29, 0.717) is 5.56 Å². The fourth-order valence-corrected chi connectivity index (χ4v) is 1.84. The predicted molar refractivity (Wildman–Crippen MR) is 77.5 cm³/mol. The van der Waals surface area contributed by atoms with Gasteiger partial charge in [-0.15, -0.1) is 0 Å². The van der Waals surface area contributed by atoms with Crippen molar-refractivity contribution < 1.29 is 24.4 Å². The van der Waals surface area contributed by atoms with Crippen molar-refractivity contribution in [2.75, 3.05) is 6.61 Å². The van der Waals surface area contributed by atoms with Gasteiger partial charge in [-0.3, -0.25) is 25.0 Å². The van der Waals surface area contributed by atoms with E-state index >= 15 is 0 Å². The first-order chi connectivity index (χ1) is 10.3. The number of ether oxygens (including phenoxy) is 1. The van der Waals surface area contributed by atoms with E-state index in [9.17, 15) is 24.8 Å². The molecule has 0 heterocycles. The summed E-state index contributed by atoms with van der Waals surface area (Å²) in [6.45, 7) is 3.39. The van der Waals surface area contributed by atoms with Gasteiger partial charge < -0.3 is 9.84 Å². The number of esters is 1. The molecule has 0 saturated carbocycles. The van der Waals surface area contributed by atoms with Crippen molar-refractivity contribution in [3.05, 3.63) is 39.9 Å². The molecule has 120 valence electrons. The van der Waals surface area contributed by atoms with Crippen molar-refractivity contribution in [1.29, 1.82) is 0 Å². The first-order valence-corrected chi connectivity index (χ1v) is 6.74. The van der Waals surface area contributed by atoms with Crippen LogP contribution in [0.2, 0.25) is 0 Å². The second-order valence-corrected chi connectivity index (χ2v) is 4.66. The molecule has 0 aliphatic heterocycles. The lowest BCUT2D eigenvalue weighted by Crippen LogP contribution is -2.47. The third-order valence-electron chi connectivity index (χ3n) is 2.98. The van der Waals surface area contributed by atoms with Gasteiger partial charge in [-0.2, -0.15) is 0 Å². The zero-order valence-corrected chi connectivity index (χ0v) is 12.3. The molecule has 0 radical (unpaired) electrons. The third kappa shape index (κ3) is 5.13. The second-order valence-electron chi connectivity index (χ2n) is 4.66. The Kier molecular flexibility index (Phi) is 6.46. The smallest absolute Gasteiger partial charge is 0.322 e. The molecular weight excluding hydrogens is 292 g/mol. The topological polar surface area (TPSA) is 119 Å². The van der Waals surface area contributed by atoms with Crippen LogP contribution in [0.25, 0.3) is 0 Å². The van der Waals surface area contributed by atoms with Crippen LogP contribution < -0.4 is 5.32 Å². The number of carboxylic acid groups (broad SMARTS) is 1. The molecule has 0 aromatic heterocycles. The first kappa shape index (κ1) is 17.6. The fraction of sp³-hybridized carbons (Fsp3) is 0.429. The maximum atomic E-state index is 11.5. The molecule has 0 aliphatic carbocycles. The number of nitro benzene ring substituents is 1. The Morgan fingerprint density at radius 2 is 1.95 bits per heavy atom. The van der Waals surface area contributed by atoms with Crippen LogP contribution in [0, 0.1) is 10.1 Å². The van der Waals surface area contributed by atoms with E-state index in [1.54, 1.807) is 6.92 Å². The van der Waals surface area contributed by atoms with E-state index in [4.69, 9.17) is 4.74 Å². The zero-order chi connectivity index (χ0) is 16.7. The van der Waals surface area contributed by atoms with Gasteiger partial charge in [0.05, 0.1) is 11.5 Å². The summed E-state index contributed by atoms with van der Waals surface area (Å²) in [6, 6.07) is 3.83. The van der Waals surface area contributed by atoms with Crippen LogP contribution in [0.5, 0.6) is 0 Å². The first-order valence-electron chi connectivity index (χ1n) is 6.74. The normalized spacial score (nSPS) is 13.2. The summed E-state index contributed by atoms with van der Waals surface area (Å²) in [5, 5.41) is 22.5. The van der Waals surface area contributed by atoms with Crippen molar-refractivity contribution in [2.24, 2.45) is 0 Å². The van der Waals surface area contributed by atoms with Gasteiger partial charge in [0, 0.05) is 12.1 Å². The molecular formula is C14H18N2O6. The number of carboxylic acids is 1. The molecule has 8 nitrogen and oxygen atoms in total. The number of nitrogens with one attached hydrogen (secondary N) is 1. The van der Waals surface area contributed by atoms with Crippen molar-refractivity contribution >= 4 is 17.6 Å². The van der Waals surface area contributed by atoms with Gasteiger partial charge in [0.15, 0.2) is 0 Å². The lowest BCUT2D eigenvalue weighted by molar-refractivity contribution is -0.384. The Labute approximate surface area is 127 Å². The van der Waals surface area contributed by atoms with Crippen LogP contribution >= 0.6 is 0 Å². The lowest BCUT2D eigenvalue weighted by Gasteiger charge is -2.19. The van der Waals surface area contributed by atoms with Gasteiger partial charge in [0.1, 0.15) is 12.1 Å². The number of hydrogen-bond donors (Lipinski definition) is 2. The number of rotatable bonds is 8. The average Bonchev–Trinajstić information content (AvgIpc) is 2.47. The van der Waals surface area contributed by atoms with Gasteiger partial charge in [-0.25, -0.2) is 0 Å². The molecule has 0 amide bonds. The Bertz CT molecular complexity index is 543. The van der Waals surface area contributed by atoms with Crippen LogP contribution in [0.3, 0.4) is 0 Å². The van der Waals surface area contributed by atoms with Gasteiger partial charge in [-0.05, 0) is 25.8 Å². The average molecular weight is 310 g/mol. The molecule has 0 aliphatic rings. The molecule has 1 aromatic rings. The van der Waals surface area contributed by atoms with Crippen molar-refractivity contribution in [2.45, 2.75) is 32.4 Å². The second kappa shape index (κ2) is 8.08. The Hall–Kier alpha value is -2.48. The number of nitro groups is 1. The van der Waals surface area contributed by atoms with E-state index in [1.165, 1.54) is 31.2 Å². The molecule has 0 fully saturated rings. The van der Waals surface area contributed by atoms with Gasteiger partial charge in [0.25, 0.3) is 5.69 Å². The Morgan fingerprint density at radius 3 is 2.41 bits per heavy atom. The summed E-state index contributed by atoms with van der Waals surface area (Å²) in [5.74, 6) is -1.65. The van der Waals surface area contributed by atoms with Gasteiger partial charge in [0.2, 0.25) is 0 Å². The van der Waals surface area contributed by atoms with Crippen LogP contribution in [-0.4, -0.2) is 40.7 Å². The zero-order valence-electron chi connectivity index (χ0n) is 12.3. The maximum Gasteiger partial charge on any atom is 0.322 e. The van der Waals surface area contributed by atoms with E-state index < -0.39 is 28.9 Å². The molecule has 0 saturated heterocycles. The third-order valence-corrected chi connectivity index (χ3v) is 2.98. The van der Waals surface area contributed by atoms with E-state index in [0.717, 1.165) is 0 Å². The van der Waals surface area contributed by atoms with Crippen LogP contribution in [-0.2, 0) is 20.7 Å². The number of nitrogens with zero attached hydrogens (tertiary/aromatic N) is 1. The summed E-state index contributed by atoms with van der Waals surface area (Å²) >= 11 is 0. The van der Waals surface area contributed by atoms with E-state index in [-0.39, 0.29) is 18.7 Å². The minimum Gasteiger partial charge on any atom is -0.480 e. The van der Waals surface area contributed by atoms with Crippen molar-refractivity contribution in [3.63, 3.8) is 0 Å². The highest BCUT2D eigenvalue weighted by Gasteiger charge is 2.24. The standard InChI is InChI=1S/C14H18N2O6/c1-3-22-14(19)9(2)15-12(13(17)18)8-10-4-6-11(7-5-10)16(20)21/h4-7,9,12,15H,3,8H2,1-2H3,(H,17,18)/t9-,12+/m0/s1. The van der Waals surface area contributed by atoms with Crippen molar-refractivity contribution in [1.82, 2.24) is 5.32 Å². The quantitative estimate of drug-likeness (QED) is 0.419. The minimum atomic E-state index is -1.12. The molecule has 2 atom stereocenters. The number of carbonyl (C=O) groups excluding carboxylic acids is 1. The fourth-order valence-electron chi connectivity index (χ4n) is 1.84. The molecule has 2 N–H and O–H groups in total. The molecule has 0 bridgehead atoms. The maximum absolute atomic E-state index is 11.5. The molecule has 8 heteroatoms. The Morgan fingerprint density at radius 1 is 1.36 bits per heavy atom.